The van der Waals surface area contributed by atoms with Crippen LogP contribution in [0.2, 0.25) is 0 Å². The molecule has 60 valence electrons. The zero-order valence-electron chi connectivity index (χ0n) is 5.94. The SMILES string of the molecule is O=C([O-])CO.O=C([O-])CO.[Na+]. The molecule has 0 aromatic carbocycles. The van der Waals surface area contributed by atoms with E-state index in [1.807, 2.05) is 0 Å². The minimum Gasteiger partial charge on any atom is -0.548 e. The number of aliphatic carboxylic acids is 2. The summed E-state index contributed by atoms with van der Waals surface area (Å²) in [6.45, 7) is -1.78. The van der Waals surface area contributed by atoms with E-state index in [2.05, 4.69) is 0 Å². The number of aliphatic hydroxyl groups excluding tert-OH is 2. The van der Waals surface area contributed by atoms with Gasteiger partial charge in [-0.1, -0.05) is 0 Å². The van der Waals surface area contributed by atoms with E-state index >= 15 is 0 Å². The van der Waals surface area contributed by atoms with E-state index in [-0.39, 0.29) is 29.6 Å². The van der Waals surface area contributed by atoms with Gasteiger partial charge in [0.15, 0.2) is 0 Å². The standard InChI is InChI=1S/2C2H4O3.Na/c2*3-1-2(4)5;/h2*3H,1H2,(H,4,5);/q;;+1/p-2. The summed E-state index contributed by atoms with van der Waals surface area (Å²) in [6.07, 6.45) is 0. The predicted molar refractivity (Wildman–Crippen MR) is 24.2 cm³/mol. The maximum absolute atomic E-state index is 9.01. The molecule has 0 radical (unpaired) electrons. The Morgan fingerprint density at radius 2 is 1.09 bits per heavy atom. The monoisotopic (exact) mass is 173 g/mol. The third-order valence-corrected chi connectivity index (χ3v) is 0.258. The fraction of sp³-hybridized carbons (Fsp3) is 0.500. The van der Waals surface area contributed by atoms with Gasteiger partial charge in [0.25, 0.3) is 0 Å². The first-order chi connectivity index (χ1) is 4.54. The summed E-state index contributed by atoms with van der Waals surface area (Å²) < 4.78 is 0. The minimum absolute atomic E-state index is 0. The molecule has 0 atom stereocenters. The third kappa shape index (κ3) is 40.9. The molecule has 0 spiro atoms. The Kier molecular flexibility index (Phi) is 19.5. The van der Waals surface area contributed by atoms with Crippen molar-refractivity contribution in [1.29, 1.82) is 0 Å². The Balaban J connectivity index is -0.000000107. The molecular formula is C4H6NaO6-. The van der Waals surface area contributed by atoms with Crippen LogP contribution in [0.25, 0.3) is 0 Å². The van der Waals surface area contributed by atoms with Gasteiger partial charge in [0.2, 0.25) is 0 Å². The van der Waals surface area contributed by atoms with Gasteiger partial charge in [0.05, 0.1) is 25.2 Å². The molecule has 0 unspecified atom stereocenters. The maximum Gasteiger partial charge on any atom is 1.00 e. The summed E-state index contributed by atoms with van der Waals surface area (Å²) in [5.41, 5.74) is 0. The molecule has 0 aromatic heterocycles. The number of carboxylic acids is 2. The quantitative estimate of drug-likeness (QED) is 0.400. The summed E-state index contributed by atoms with van der Waals surface area (Å²) in [4.78, 5) is 18.0. The van der Waals surface area contributed by atoms with E-state index < -0.39 is 25.2 Å². The van der Waals surface area contributed by atoms with Crippen LogP contribution in [0.1, 0.15) is 0 Å². The van der Waals surface area contributed by atoms with Crippen LogP contribution in [0.15, 0.2) is 0 Å². The summed E-state index contributed by atoms with van der Waals surface area (Å²) >= 11 is 0. The molecule has 0 aliphatic heterocycles. The van der Waals surface area contributed by atoms with Crippen molar-refractivity contribution >= 4 is 11.9 Å². The predicted octanol–water partition coefficient (Wildman–Crippen LogP) is -7.54. The van der Waals surface area contributed by atoms with E-state index in [4.69, 9.17) is 30.0 Å². The first-order valence-corrected chi connectivity index (χ1v) is 2.16. The molecule has 0 saturated heterocycles. The van der Waals surface area contributed by atoms with Crippen LogP contribution < -0.4 is 39.8 Å². The number of hydrogen-bond donors (Lipinski definition) is 2. The Morgan fingerprint density at radius 1 is 1.00 bits per heavy atom. The van der Waals surface area contributed by atoms with Gasteiger partial charge in [-0.25, -0.2) is 0 Å². The van der Waals surface area contributed by atoms with Crippen molar-refractivity contribution < 1.29 is 59.6 Å². The van der Waals surface area contributed by atoms with Crippen molar-refractivity contribution in [2.75, 3.05) is 13.2 Å². The number of carbonyl (C=O) groups excluding carboxylic acids is 2. The molecule has 0 saturated carbocycles. The largest absolute Gasteiger partial charge is 1.00 e. The fourth-order valence-corrected chi connectivity index (χ4v) is 0. The maximum atomic E-state index is 9.01. The first-order valence-electron chi connectivity index (χ1n) is 2.16. The second-order valence-corrected chi connectivity index (χ2v) is 1.06. The second kappa shape index (κ2) is 12.5. The van der Waals surface area contributed by atoms with Gasteiger partial charge in [-0.05, 0) is 0 Å². The van der Waals surface area contributed by atoms with Gasteiger partial charge in [-0.2, -0.15) is 0 Å². The van der Waals surface area contributed by atoms with Crippen molar-refractivity contribution in [1.82, 2.24) is 0 Å². The molecule has 11 heavy (non-hydrogen) atoms. The molecule has 0 aromatic rings. The van der Waals surface area contributed by atoms with Gasteiger partial charge in [0, 0.05) is 0 Å². The Labute approximate surface area is 84.8 Å². The molecule has 0 amide bonds. The van der Waals surface area contributed by atoms with Gasteiger partial charge >= 0.3 is 29.6 Å². The molecule has 2 N–H and O–H groups in total. The molecular weight excluding hydrogens is 167 g/mol. The molecule has 0 heterocycles. The fourth-order valence-electron chi connectivity index (χ4n) is 0. The summed E-state index contributed by atoms with van der Waals surface area (Å²) in [5.74, 6) is -2.88. The molecule has 0 fully saturated rings. The average molecular weight is 173 g/mol. The van der Waals surface area contributed by atoms with Crippen molar-refractivity contribution in [3.63, 3.8) is 0 Å². The number of aliphatic hydroxyl groups is 2. The molecule has 7 heteroatoms. The molecule has 0 bridgehead atoms. The van der Waals surface area contributed by atoms with E-state index in [0.29, 0.717) is 0 Å². The summed E-state index contributed by atoms with van der Waals surface area (Å²) in [6, 6.07) is 0. The molecule has 0 aliphatic rings. The van der Waals surface area contributed by atoms with Crippen LogP contribution >= 0.6 is 0 Å². The smallest absolute Gasteiger partial charge is 0.548 e. The van der Waals surface area contributed by atoms with Crippen LogP contribution in [0.4, 0.5) is 0 Å². The molecule has 0 rings (SSSR count). The normalized spacial score (nSPS) is 6.73. The molecule has 6 nitrogen and oxygen atoms in total. The van der Waals surface area contributed by atoms with Crippen LogP contribution in [0.5, 0.6) is 0 Å². The third-order valence-electron chi connectivity index (χ3n) is 0.258. The van der Waals surface area contributed by atoms with E-state index in [1.54, 1.807) is 0 Å². The molecule has 0 aliphatic carbocycles. The van der Waals surface area contributed by atoms with E-state index in [0.717, 1.165) is 0 Å². The summed E-state index contributed by atoms with van der Waals surface area (Å²) in [5, 5.41) is 33.0. The number of carboxylic acid groups (broad SMARTS) is 2. The van der Waals surface area contributed by atoms with Crippen molar-refractivity contribution in [3.05, 3.63) is 0 Å². The topological polar surface area (TPSA) is 121 Å². The van der Waals surface area contributed by atoms with Crippen molar-refractivity contribution in [2.24, 2.45) is 0 Å². The van der Waals surface area contributed by atoms with Crippen LogP contribution in [-0.2, 0) is 9.59 Å². The zero-order chi connectivity index (χ0) is 8.57. The van der Waals surface area contributed by atoms with Crippen molar-refractivity contribution in [2.45, 2.75) is 0 Å². The second-order valence-electron chi connectivity index (χ2n) is 1.06. The Hall–Kier alpha value is -0.140. The van der Waals surface area contributed by atoms with Gasteiger partial charge < -0.3 is 30.0 Å². The summed E-state index contributed by atoms with van der Waals surface area (Å²) in [7, 11) is 0. The van der Waals surface area contributed by atoms with Crippen LogP contribution in [-0.4, -0.2) is 35.4 Å². The number of rotatable bonds is 2. The van der Waals surface area contributed by atoms with Gasteiger partial charge in [-0.3, -0.25) is 0 Å². The van der Waals surface area contributed by atoms with Gasteiger partial charge in [0.1, 0.15) is 0 Å². The average Bonchev–Trinajstić information content (AvgIpc) is 1.89. The number of carbonyl (C=O) groups is 2. The van der Waals surface area contributed by atoms with E-state index in [9.17, 15) is 0 Å². The van der Waals surface area contributed by atoms with E-state index in [1.165, 1.54) is 0 Å². The van der Waals surface area contributed by atoms with Crippen LogP contribution in [0, 0.1) is 0 Å². The van der Waals surface area contributed by atoms with Crippen molar-refractivity contribution in [3.8, 4) is 0 Å². The zero-order valence-corrected chi connectivity index (χ0v) is 7.94. The van der Waals surface area contributed by atoms with Gasteiger partial charge in [-0.15, -0.1) is 0 Å². The van der Waals surface area contributed by atoms with Crippen LogP contribution in [0.3, 0.4) is 0 Å². The first kappa shape index (κ1) is 17.1. The minimum atomic E-state index is -1.44. The Morgan fingerprint density at radius 3 is 1.09 bits per heavy atom. The number of hydrogen-bond acceptors (Lipinski definition) is 6. The Bertz CT molecular complexity index is 99.1.